The van der Waals surface area contributed by atoms with Crippen molar-refractivity contribution in [1.29, 1.82) is 0 Å². The number of ketones is 1. The van der Waals surface area contributed by atoms with Crippen molar-refractivity contribution in [3.05, 3.63) is 22.9 Å². The van der Waals surface area contributed by atoms with Crippen LogP contribution < -0.4 is 14.2 Å². The van der Waals surface area contributed by atoms with Crippen LogP contribution in [0.25, 0.3) is 6.08 Å². The molecule has 2 aliphatic heterocycles. The second-order valence-electron chi connectivity index (χ2n) is 5.47. The Morgan fingerprint density at radius 2 is 2.12 bits per heavy atom. The lowest BCUT2D eigenvalue weighted by molar-refractivity contribution is -0.152. The largest absolute Gasteiger partial charge is 0.492 e. The van der Waals surface area contributed by atoms with Crippen LogP contribution >= 0.6 is 0 Å². The van der Waals surface area contributed by atoms with Gasteiger partial charge < -0.3 is 23.8 Å². The van der Waals surface area contributed by atoms with Gasteiger partial charge in [-0.3, -0.25) is 4.79 Å². The van der Waals surface area contributed by atoms with Gasteiger partial charge >= 0.3 is 5.97 Å². The van der Waals surface area contributed by atoms with E-state index in [0.717, 1.165) is 11.1 Å². The molecule has 0 atom stereocenters. The Balaban J connectivity index is 2.10. The third-order valence-electron chi connectivity index (χ3n) is 4.05. The predicted octanol–water partition coefficient (Wildman–Crippen LogP) is 1.38. The summed E-state index contributed by atoms with van der Waals surface area (Å²) in [7, 11) is 3.30. The molecule has 2 aliphatic rings. The molecule has 0 spiro atoms. The van der Waals surface area contributed by atoms with Gasteiger partial charge in [-0.15, -0.1) is 0 Å². The Bertz CT molecular complexity index is 724. The predicted molar refractivity (Wildman–Crippen MR) is 85.1 cm³/mol. The number of esters is 1. The van der Waals surface area contributed by atoms with Crippen molar-refractivity contribution < 1.29 is 28.5 Å². The average molecular weight is 333 g/mol. The van der Waals surface area contributed by atoms with E-state index in [2.05, 4.69) is 0 Å². The summed E-state index contributed by atoms with van der Waals surface area (Å²) in [5.41, 5.74) is 1.96. The highest BCUT2D eigenvalue weighted by atomic mass is 16.7. The van der Waals surface area contributed by atoms with E-state index >= 15 is 0 Å². The van der Waals surface area contributed by atoms with E-state index in [1.807, 2.05) is 6.07 Å². The number of likely N-dealkylation sites (N-methyl/N-ethyl adjacent to an activating group) is 1. The molecule has 7 nitrogen and oxygen atoms in total. The number of Topliss-reactive ketones (excluding diaryl/α,β-unsaturated/α-hetero) is 1. The van der Waals surface area contributed by atoms with Crippen molar-refractivity contribution in [3.8, 4) is 17.2 Å². The number of benzene rings is 1. The van der Waals surface area contributed by atoms with Gasteiger partial charge in [-0.1, -0.05) is 0 Å². The van der Waals surface area contributed by atoms with Crippen LogP contribution in [0.15, 0.2) is 11.8 Å². The topological polar surface area (TPSA) is 74.3 Å². The van der Waals surface area contributed by atoms with Crippen LogP contribution in [0.1, 0.15) is 18.1 Å². The minimum atomic E-state index is -0.862. The van der Waals surface area contributed by atoms with Crippen molar-refractivity contribution in [2.45, 2.75) is 13.3 Å². The molecule has 0 aliphatic carbocycles. The first-order chi connectivity index (χ1) is 11.6. The maximum Gasteiger partial charge on any atom is 0.381 e. The second kappa shape index (κ2) is 6.43. The summed E-state index contributed by atoms with van der Waals surface area (Å²) in [6.07, 6.45) is 2.33. The van der Waals surface area contributed by atoms with Crippen molar-refractivity contribution in [2.75, 3.05) is 34.1 Å². The first-order valence-corrected chi connectivity index (χ1v) is 7.70. The highest BCUT2D eigenvalue weighted by Gasteiger charge is 2.30. The van der Waals surface area contributed by atoms with E-state index in [4.69, 9.17) is 18.9 Å². The quantitative estimate of drug-likeness (QED) is 0.609. The van der Waals surface area contributed by atoms with E-state index in [0.29, 0.717) is 30.2 Å². The zero-order valence-corrected chi connectivity index (χ0v) is 13.9. The van der Waals surface area contributed by atoms with E-state index in [9.17, 15) is 9.59 Å². The zero-order chi connectivity index (χ0) is 17.3. The third-order valence-corrected chi connectivity index (χ3v) is 4.05. The summed E-state index contributed by atoms with van der Waals surface area (Å²) in [5.74, 6) is 0.108. The van der Waals surface area contributed by atoms with Crippen molar-refractivity contribution in [2.24, 2.45) is 0 Å². The SMILES string of the molecule is CCOC(=O)C(=O)C1=Cc2c(cc3c(c2OC)OCO3)CCN1C. The number of nitrogens with zero attached hydrogens (tertiary/aromatic N) is 1. The fourth-order valence-electron chi connectivity index (χ4n) is 2.84. The number of rotatable bonds is 4. The Morgan fingerprint density at radius 1 is 1.33 bits per heavy atom. The van der Waals surface area contributed by atoms with Crippen LogP contribution in [0.5, 0.6) is 17.2 Å². The molecule has 3 rings (SSSR count). The van der Waals surface area contributed by atoms with Crippen molar-refractivity contribution in [1.82, 2.24) is 4.90 Å². The summed E-state index contributed by atoms with van der Waals surface area (Å²) >= 11 is 0. The Morgan fingerprint density at radius 3 is 2.83 bits per heavy atom. The normalized spacial score (nSPS) is 15.3. The van der Waals surface area contributed by atoms with Gasteiger partial charge in [0, 0.05) is 19.2 Å². The highest BCUT2D eigenvalue weighted by molar-refractivity contribution is 6.41. The molecule has 1 aromatic rings. The molecule has 0 unspecified atom stereocenters. The maximum absolute atomic E-state index is 12.4. The van der Waals surface area contributed by atoms with E-state index in [1.165, 1.54) is 7.11 Å². The summed E-state index contributed by atoms with van der Waals surface area (Å²) in [6.45, 7) is 2.52. The molecule has 0 fully saturated rings. The van der Waals surface area contributed by atoms with Crippen molar-refractivity contribution >= 4 is 17.8 Å². The molecule has 0 N–H and O–H groups in total. The Hall–Kier alpha value is -2.70. The first-order valence-electron chi connectivity index (χ1n) is 7.70. The van der Waals surface area contributed by atoms with Gasteiger partial charge in [-0.2, -0.15) is 0 Å². The molecule has 128 valence electrons. The number of ether oxygens (including phenoxy) is 4. The lowest BCUT2D eigenvalue weighted by Gasteiger charge is -2.18. The fraction of sp³-hybridized carbons (Fsp3) is 0.412. The standard InChI is InChI=1S/C17H19NO6/c1-4-22-17(20)14(19)12-8-11-10(5-6-18(12)2)7-13-16(15(11)21-3)24-9-23-13/h7-8H,4-6,9H2,1-3H3. The highest BCUT2D eigenvalue weighted by Crippen LogP contribution is 2.46. The number of carbonyl (C=O) groups is 2. The van der Waals surface area contributed by atoms with E-state index in [1.54, 1.807) is 24.9 Å². The summed E-state index contributed by atoms with van der Waals surface area (Å²) in [5, 5.41) is 0. The molecule has 0 amide bonds. The van der Waals surface area contributed by atoms with Gasteiger partial charge in [0.2, 0.25) is 12.5 Å². The van der Waals surface area contributed by atoms with Gasteiger partial charge in [0.05, 0.1) is 19.4 Å². The zero-order valence-electron chi connectivity index (χ0n) is 13.9. The molecule has 2 heterocycles. The molecule has 0 saturated heterocycles. The van der Waals surface area contributed by atoms with Crippen LogP contribution in [0.4, 0.5) is 0 Å². The molecule has 0 bridgehead atoms. The number of carbonyl (C=O) groups excluding carboxylic acids is 2. The number of hydrogen-bond donors (Lipinski definition) is 0. The van der Waals surface area contributed by atoms with Crippen LogP contribution in [0.3, 0.4) is 0 Å². The number of fused-ring (bicyclic) bond motifs is 2. The molecule has 0 saturated carbocycles. The minimum absolute atomic E-state index is 0.132. The van der Waals surface area contributed by atoms with Gasteiger partial charge in [0.15, 0.2) is 11.5 Å². The second-order valence-corrected chi connectivity index (χ2v) is 5.47. The first kappa shape index (κ1) is 16.2. The lowest BCUT2D eigenvalue weighted by Crippen LogP contribution is -2.30. The average Bonchev–Trinajstić information content (AvgIpc) is 2.97. The van der Waals surface area contributed by atoms with Crippen LogP contribution in [0.2, 0.25) is 0 Å². The monoisotopic (exact) mass is 333 g/mol. The fourth-order valence-corrected chi connectivity index (χ4v) is 2.84. The minimum Gasteiger partial charge on any atom is -0.492 e. The molecule has 0 aromatic heterocycles. The van der Waals surface area contributed by atoms with E-state index in [-0.39, 0.29) is 19.1 Å². The molecular formula is C17H19NO6. The van der Waals surface area contributed by atoms with Crippen LogP contribution in [0, 0.1) is 0 Å². The van der Waals surface area contributed by atoms with Gasteiger partial charge in [-0.25, -0.2) is 4.79 Å². The van der Waals surface area contributed by atoms with Crippen molar-refractivity contribution in [3.63, 3.8) is 0 Å². The van der Waals surface area contributed by atoms with E-state index < -0.39 is 11.8 Å². The Kier molecular flexibility index (Phi) is 4.33. The van der Waals surface area contributed by atoms with Crippen LogP contribution in [-0.4, -0.2) is 50.8 Å². The summed E-state index contributed by atoms with van der Waals surface area (Å²) in [4.78, 5) is 26.0. The molecule has 7 heteroatoms. The molecule has 1 aromatic carbocycles. The molecule has 24 heavy (non-hydrogen) atoms. The van der Waals surface area contributed by atoms with Gasteiger partial charge in [-0.05, 0) is 31.1 Å². The lowest BCUT2D eigenvalue weighted by atomic mass is 10.0. The van der Waals surface area contributed by atoms with Crippen LogP contribution in [-0.2, 0) is 20.7 Å². The van der Waals surface area contributed by atoms with Gasteiger partial charge in [0.25, 0.3) is 5.78 Å². The number of hydrogen-bond acceptors (Lipinski definition) is 7. The molecule has 0 radical (unpaired) electrons. The smallest absolute Gasteiger partial charge is 0.381 e. The van der Waals surface area contributed by atoms with Gasteiger partial charge in [0.1, 0.15) is 0 Å². The Labute approximate surface area is 139 Å². The summed E-state index contributed by atoms with van der Waals surface area (Å²) < 4.78 is 21.2. The maximum atomic E-state index is 12.4. The third kappa shape index (κ3) is 2.66. The number of methoxy groups -OCH3 is 1. The molecular weight excluding hydrogens is 314 g/mol. The summed E-state index contributed by atoms with van der Waals surface area (Å²) in [6, 6.07) is 1.89.